The van der Waals surface area contributed by atoms with Crippen molar-refractivity contribution in [3.8, 4) is 17.0 Å². The molecule has 0 unspecified atom stereocenters. The number of pyridine rings is 1. The molecule has 1 aliphatic carbocycles. The fraction of sp³-hybridized carbons (Fsp3) is 0.381. The molecular formula is C42H45ClF2N10O4. The average molecular weight is 827 g/mol. The molecule has 0 atom stereocenters. The highest BCUT2D eigenvalue weighted by molar-refractivity contribution is 6.34. The third-order valence-corrected chi connectivity index (χ3v) is 11.8. The number of ether oxygens (including phenoxy) is 1. The first kappa shape index (κ1) is 39.9. The number of benzene rings is 2. The number of fused-ring (bicyclic) bond motifs is 2. The van der Waals surface area contributed by atoms with Crippen molar-refractivity contribution >= 4 is 58.0 Å². The molecule has 4 N–H and O–H groups in total. The molecule has 1 saturated carbocycles. The number of urea groups is 1. The number of aromatic nitrogens is 4. The van der Waals surface area contributed by atoms with E-state index in [-0.39, 0.29) is 37.2 Å². The minimum Gasteiger partial charge on any atom is -0.490 e. The van der Waals surface area contributed by atoms with Gasteiger partial charge in [-0.1, -0.05) is 36.7 Å². The van der Waals surface area contributed by atoms with E-state index in [1.807, 2.05) is 43.3 Å². The number of nitrogens with zero attached hydrogens (tertiary/aromatic N) is 7. The van der Waals surface area contributed by atoms with Gasteiger partial charge in [0.15, 0.2) is 11.5 Å². The zero-order valence-corrected chi connectivity index (χ0v) is 33.5. The van der Waals surface area contributed by atoms with Gasteiger partial charge < -0.3 is 20.7 Å². The number of imidazole rings is 1. The molecule has 0 spiro atoms. The van der Waals surface area contributed by atoms with Crippen LogP contribution in [0.5, 0.6) is 5.75 Å². The van der Waals surface area contributed by atoms with E-state index in [0.29, 0.717) is 78.9 Å². The highest BCUT2D eigenvalue weighted by atomic mass is 35.5. The predicted molar refractivity (Wildman–Crippen MR) is 221 cm³/mol. The number of carbonyl (C=O) groups is 3. The average Bonchev–Trinajstić information content (AvgIpc) is 3.87. The Morgan fingerprint density at radius 2 is 1.81 bits per heavy atom. The van der Waals surface area contributed by atoms with Crippen LogP contribution in [-0.2, 0) is 17.8 Å². The maximum Gasteiger partial charge on any atom is 0.328 e. The monoisotopic (exact) mass is 826 g/mol. The number of alkyl halides is 2. The lowest BCUT2D eigenvalue weighted by Crippen LogP contribution is -2.49. The van der Waals surface area contributed by atoms with Crippen LogP contribution in [0.3, 0.4) is 0 Å². The summed E-state index contributed by atoms with van der Waals surface area (Å²) in [6.07, 6.45) is 5.42. The Hall–Kier alpha value is -5.87. The highest BCUT2D eigenvalue weighted by Crippen LogP contribution is 2.41. The Morgan fingerprint density at radius 3 is 2.53 bits per heavy atom. The zero-order chi connectivity index (χ0) is 41.4. The third-order valence-electron chi connectivity index (χ3n) is 11.5. The normalized spacial score (nSPS) is 18.3. The van der Waals surface area contributed by atoms with Crippen LogP contribution in [-0.4, -0.2) is 87.6 Å². The molecule has 2 aromatic carbocycles. The first-order valence-corrected chi connectivity index (χ1v) is 20.2. The molecule has 308 valence electrons. The number of hydrogen-bond donors (Lipinski definition) is 3. The number of imide groups is 1. The van der Waals surface area contributed by atoms with Gasteiger partial charge in [0, 0.05) is 68.6 Å². The number of rotatable bonds is 13. The molecule has 14 nitrogen and oxygen atoms in total. The number of amides is 4. The molecule has 3 aromatic heterocycles. The fourth-order valence-electron chi connectivity index (χ4n) is 8.36. The van der Waals surface area contributed by atoms with E-state index in [9.17, 15) is 14.4 Å². The Labute approximate surface area is 344 Å². The molecular weight excluding hydrogens is 782 g/mol. The van der Waals surface area contributed by atoms with Gasteiger partial charge in [0.1, 0.15) is 11.4 Å². The van der Waals surface area contributed by atoms with Crippen LogP contribution >= 0.6 is 11.6 Å². The van der Waals surface area contributed by atoms with Crippen molar-refractivity contribution in [2.75, 3.05) is 48.3 Å². The maximum absolute atomic E-state index is 15.9. The van der Waals surface area contributed by atoms with E-state index in [1.165, 1.54) is 15.6 Å². The standard InChI is InChI=1S/C42H45ClF2N10O4/c1-3-52(24-42(44,45)26-8-10-27(11-9-26)59-28-12-13-31(43)35(19-28)54-18-16-38(56)50-41(54)58)23-25-7-14-32(48-21-25)29-5-4-6-34-30(29)15-17-53(34)37-20-33(47-2)40-49-22-36(39(46)57)55(40)51-37/h4-7,12-14,19-22,26-27,47H,3,8-11,15-18,23-24H2,1-2H3,(H2,46,57)(H,50,56,58). The number of nitrogens with one attached hydrogen (secondary N) is 2. The summed E-state index contributed by atoms with van der Waals surface area (Å²) < 4.78 is 39.4. The minimum absolute atomic E-state index is 0.160. The van der Waals surface area contributed by atoms with E-state index in [4.69, 9.17) is 32.2 Å². The van der Waals surface area contributed by atoms with Gasteiger partial charge >= 0.3 is 6.03 Å². The second kappa shape index (κ2) is 16.4. The molecule has 0 bridgehead atoms. The Balaban J connectivity index is 0.887. The van der Waals surface area contributed by atoms with Crippen molar-refractivity contribution in [2.24, 2.45) is 11.7 Å². The van der Waals surface area contributed by atoms with Crippen LogP contribution in [0.25, 0.3) is 16.9 Å². The maximum atomic E-state index is 15.9. The highest BCUT2D eigenvalue weighted by Gasteiger charge is 2.43. The molecule has 5 heterocycles. The number of primary amides is 1. The lowest BCUT2D eigenvalue weighted by atomic mass is 9.83. The Morgan fingerprint density at radius 1 is 1.02 bits per heavy atom. The predicted octanol–water partition coefficient (Wildman–Crippen LogP) is 6.82. The number of carbonyl (C=O) groups excluding carboxylic acids is 3. The molecule has 0 radical (unpaired) electrons. The lowest BCUT2D eigenvalue weighted by Gasteiger charge is -2.36. The van der Waals surface area contributed by atoms with E-state index in [0.717, 1.165) is 34.5 Å². The van der Waals surface area contributed by atoms with Gasteiger partial charge in [0.05, 0.1) is 40.9 Å². The molecule has 8 rings (SSSR count). The van der Waals surface area contributed by atoms with Crippen LogP contribution in [0.2, 0.25) is 5.02 Å². The largest absolute Gasteiger partial charge is 0.490 e. The summed E-state index contributed by atoms with van der Waals surface area (Å²) >= 11 is 6.38. The second-order valence-electron chi connectivity index (χ2n) is 15.2. The summed E-state index contributed by atoms with van der Waals surface area (Å²) in [7, 11) is 1.78. The molecule has 4 amide bonds. The molecule has 1 saturated heterocycles. The fourth-order valence-corrected chi connectivity index (χ4v) is 8.58. The van der Waals surface area contributed by atoms with E-state index >= 15 is 8.78 Å². The molecule has 59 heavy (non-hydrogen) atoms. The smallest absolute Gasteiger partial charge is 0.328 e. The van der Waals surface area contributed by atoms with E-state index in [1.54, 1.807) is 36.3 Å². The zero-order valence-electron chi connectivity index (χ0n) is 32.8. The summed E-state index contributed by atoms with van der Waals surface area (Å²) in [4.78, 5) is 50.5. The summed E-state index contributed by atoms with van der Waals surface area (Å²) in [5.74, 6) is -3.51. The van der Waals surface area contributed by atoms with E-state index < -0.39 is 23.8 Å². The van der Waals surface area contributed by atoms with Crippen molar-refractivity contribution in [1.82, 2.24) is 29.8 Å². The van der Waals surface area contributed by atoms with Gasteiger partial charge in [0.25, 0.3) is 11.8 Å². The molecule has 2 aliphatic heterocycles. The molecule has 17 heteroatoms. The van der Waals surface area contributed by atoms with Crippen LogP contribution < -0.4 is 30.9 Å². The molecule has 5 aromatic rings. The van der Waals surface area contributed by atoms with Crippen molar-refractivity contribution in [1.29, 1.82) is 0 Å². The third kappa shape index (κ3) is 8.11. The number of anilines is 4. The quantitative estimate of drug-likeness (QED) is 0.115. The van der Waals surface area contributed by atoms with Gasteiger partial charge in [0.2, 0.25) is 5.91 Å². The molecule has 2 fully saturated rings. The van der Waals surface area contributed by atoms with Gasteiger partial charge in [-0.25, -0.2) is 23.1 Å². The van der Waals surface area contributed by atoms with Gasteiger partial charge in [-0.3, -0.25) is 29.7 Å². The Kier molecular flexibility index (Phi) is 11.1. The summed E-state index contributed by atoms with van der Waals surface area (Å²) in [6.45, 7) is 3.18. The summed E-state index contributed by atoms with van der Waals surface area (Å²) in [5.41, 5.74) is 12.1. The van der Waals surface area contributed by atoms with Crippen LogP contribution in [0.4, 0.5) is 36.5 Å². The second-order valence-corrected chi connectivity index (χ2v) is 15.6. The van der Waals surface area contributed by atoms with Crippen molar-refractivity contribution in [3.05, 3.63) is 88.8 Å². The van der Waals surface area contributed by atoms with Crippen LogP contribution in [0.15, 0.2) is 67.0 Å². The summed E-state index contributed by atoms with van der Waals surface area (Å²) in [5, 5.41) is 10.5. The van der Waals surface area contributed by atoms with E-state index in [2.05, 4.69) is 20.5 Å². The van der Waals surface area contributed by atoms with Gasteiger partial charge in [-0.15, -0.1) is 5.10 Å². The topological polar surface area (TPSA) is 163 Å². The number of halogens is 3. The van der Waals surface area contributed by atoms with Crippen LogP contribution in [0, 0.1) is 5.92 Å². The summed E-state index contributed by atoms with van der Waals surface area (Å²) in [6, 6.07) is 16.3. The number of nitrogens with two attached hydrogens (primary N) is 1. The first-order valence-electron chi connectivity index (χ1n) is 19.8. The van der Waals surface area contributed by atoms with Crippen molar-refractivity contribution < 1.29 is 27.9 Å². The first-order chi connectivity index (χ1) is 28.4. The van der Waals surface area contributed by atoms with Gasteiger partial charge in [-0.2, -0.15) is 0 Å². The van der Waals surface area contributed by atoms with Crippen LogP contribution in [0.1, 0.15) is 60.6 Å². The molecule has 3 aliphatic rings. The number of hydrogen-bond acceptors (Lipinski definition) is 10. The van der Waals surface area contributed by atoms with Crippen molar-refractivity contribution in [2.45, 2.75) is 64.0 Å². The SMILES string of the molecule is CCN(Cc1ccc(-c2cccc3c2CCN3c2cc(NC)c3ncc(C(N)=O)n3n2)nc1)CC(F)(F)C1CCC(Oc2ccc(Cl)c(N3CCC(=O)NC3=O)c2)CC1. The van der Waals surface area contributed by atoms with Crippen molar-refractivity contribution in [3.63, 3.8) is 0 Å². The lowest BCUT2D eigenvalue weighted by molar-refractivity contribution is -0.120. The van der Waals surface area contributed by atoms with Gasteiger partial charge in [-0.05, 0) is 74.0 Å². The minimum atomic E-state index is -2.90. The Bertz CT molecular complexity index is 2400.